The molecular formula is C18H20N2O. The van der Waals surface area contributed by atoms with Crippen molar-refractivity contribution in [3.63, 3.8) is 0 Å². The molecule has 3 rings (SSSR count). The zero-order valence-electron chi connectivity index (χ0n) is 12.4. The first-order valence-corrected chi connectivity index (χ1v) is 7.22. The van der Waals surface area contributed by atoms with Gasteiger partial charge in [-0.1, -0.05) is 30.3 Å². The second-order valence-electron chi connectivity index (χ2n) is 5.50. The Labute approximate surface area is 125 Å². The SMILES string of the molecule is CC(C)n1cc(COc2ccccc2)c2cccc(N)c21. The maximum Gasteiger partial charge on any atom is 0.119 e. The highest BCUT2D eigenvalue weighted by atomic mass is 16.5. The summed E-state index contributed by atoms with van der Waals surface area (Å²) in [5.41, 5.74) is 9.22. The van der Waals surface area contributed by atoms with Crippen LogP contribution in [0.2, 0.25) is 0 Å². The fourth-order valence-corrected chi connectivity index (χ4v) is 2.61. The summed E-state index contributed by atoms with van der Waals surface area (Å²) in [7, 11) is 0. The van der Waals surface area contributed by atoms with Crippen LogP contribution >= 0.6 is 0 Å². The molecule has 3 aromatic rings. The smallest absolute Gasteiger partial charge is 0.119 e. The third-order valence-electron chi connectivity index (χ3n) is 3.66. The van der Waals surface area contributed by atoms with Gasteiger partial charge in [0.15, 0.2) is 0 Å². The van der Waals surface area contributed by atoms with Crippen molar-refractivity contribution >= 4 is 16.6 Å². The van der Waals surface area contributed by atoms with Crippen LogP contribution in [0.25, 0.3) is 10.9 Å². The van der Waals surface area contributed by atoms with Gasteiger partial charge in [-0.05, 0) is 32.0 Å². The molecule has 21 heavy (non-hydrogen) atoms. The number of para-hydroxylation sites is 2. The number of fused-ring (bicyclic) bond motifs is 1. The molecule has 0 radical (unpaired) electrons. The topological polar surface area (TPSA) is 40.2 Å². The van der Waals surface area contributed by atoms with Crippen LogP contribution in [0.4, 0.5) is 5.69 Å². The highest BCUT2D eigenvalue weighted by Gasteiger charge is 2.13. The molecule has 1 heterocycles. The Morgan fingerprint density at radius 1 is 1.05 bits per heavy atom. The zero-order chi connectivity index (χ0) is 14.8. The summed E-state index contributed by atoms with van der Waals surface area (Å²) in [6.07, 6.45) is 2.15. The number of aromatic nitrogens is 1. The number of hydrogen-bond donors (Lipinski definition) is 1. The average molecular weight is 280 g/mol. The van der Waals surface area contributed by atoms with Crippen LogP contribution < -0.4 is 10.5 Å². The Bertz CT molecular complexity index is 745. The third-order valence-corrected chi connectivity index (χ3v) is 3.66. The van der Waals surface area contributed by atoms with Crippen LogP contribution in [-0.2, 0) is 6.61 Å². The largest absolute Gasteiger partial charge is 0.489 e. The first-order chi connectivity index (χ1) is 10.2. The maximum absolute atomic E-state index is 6.15. The summed E-state index contributed by atoms with van der Waals surface area (Å²) in [6.45, 7) is 4.87. The highest BCUT2D eigenvalue weighted by molar-refractivity contribution is 5.93. The fraction of sp³-hybridized carbons (Fsp3) is 0.222. The van der Waals surface area contributed by atoms with Crippen LogP contribution in [0.1, 0.15) is 25.5 Å². The van der Waals surface area contributed by atoms with Crippen molar-refractivity contribution in [3.8, 4) is 5.75 Å². The van der Waals surface area contributed by atoms with Crippen molar-refractivity contribution in [2.24, 2.45) is 0 Å². The molecule has 0 saturated heterocycles. The van der Waals surface area contributed by atoms with Gasteiger partial charge in [0.1, 0.15) is 12.4 Å². The Hall–Kier alpha value is -2.42. The van der Waals surface area contributed by atoms with Crippen LogP contribution in [0.15, 0.2) is 54.7 Å². The Morgan fingerprint density at radius 3 is 2.52 bits per heavy atom. The van der Waals surface area contributed by atoms with E-state index in [1.54, 1.807) is 0 Å². The highest BCUT2D eigenvalue weighted by Crippen LogP contribution is 2.29. The van der Waals surface area contributed by atoms with Gasteiger partial charge in [0, 0.05) is 23.2 Å². The van der Waals surface area contributed by atoms with Crippen LogP contribution in [0, 0.1) is 0 Å². The summed E-state index contributed by atoms with van der Waals surface area (Å²) in [4.78, 5) is 0. The first-order valence-electron chi connectivity index (χ1n) is 7.22. The molecule has 0 aliphatic heterocycles. The summed E-state index contributed by atoms with van der Waals surface area (Å²) in [5, 5.41) is 1.17. The van der Waals surface area contributed by atoms with Crippen molar-refractivity contribution in [1.29, 1.82) is 0 Å². The van der Waals surface area contributed by atoms with Crippen LogP contribution in [0.5, 0.6) is 5.75 Å². The molecule has 0 aliphatic rings. The van der Waals surface area contributed by atoms with E-state index in [0.29, 0.717) is 12.6 Å². The van der Waals surface area contributed by atoms with Crippen molar-refractivity contribution in [2.75, 3.05) is 5.73 Å². The molecule has 0 amide bonds. The van der Waals surface area contributed by atoms with Gasteiger partial charge in [0.25, 0.3) is 0 Å². The number of rotatable bonds is 4. The van der Waals surface area contributed by atoms with Gasteiger partial charge in [-0.2, -0.15) is 0 Å². The van der Waals surface area contributed by atoms with Gasteiger partial charge < -0.3 is 15.0 Å². The summed E-state index contributed by atoms with van der Waals surface area (Å²) in [6, 6.07) is 16.3. The number of nitrogens with two attached hydrogens (primary N) is 1. The van der Waals surface area contributed by atoms with Crippen LogP contribution in [0.3, 0.4) is 0 Å². The number of nitrogens with zero attached hydrogens (tertiary/aromatic N) is 1. The van der Waals surface area contributed by atoms with E-state index < -0.39 is 0 Å². The predicted molar refractivity (Wildman–Crippen MR) is 87.5 cm³/mol. The van der Waals surface area contributed by atoms with E-state index in [1.165, 1.54) is 5.39 Å². The molecule has 108 valence electrons. The summed E-state index contributed by atoms with van der Waals surface area (Å²) in [5.74, 6) is 0.881. The lowest BCUT2D eigenvalue weighted by Crippen LogP contribution is -2.00. The molecule has 0 unspecified atom stereocenters. The lowest BCUT2D eigenvalue weighted by molar-refractivity contribution is 0.307. The van der Waals surface area contributed by atoms with E-state index in [2.05, 4.69) is 30.7 Å². The lowest BCUT2D eigenvalue weighted by atomic mass is 10.1. The Balaban J connectivity index is 1.97. The molecule has 0 fully saturated rings. The number of hydrogen-bond acceptors (Lipinski definition) is 2. The summed E-state index contributed by atoms with van der Waals surface area (Å²) >= 11 is 0. The van der Waals surface area contributed by atoms with Crippen molar-refractivity contribution in [2.45, 2.75) is 26.5 Å². The minimum absolute atomic E-state index is 0.364. The zero-order valence-corrected chi connectivity index (χ0v) is 12.4. The van der Waals surface area contributed by atoms with Gasteiger partial charge in [0.2, 0.25) is 0 Å². The molecule has 3 heteroatoms. The standard InChI is InChI=1S/C18H20N2O/c1-13(2)20-11-14(12-21-15-7-4-3-5-8-15)16-9-6-10-17(19)18(16)20/h3-11,13H,12,19H2,1-2H3. The second-order valence-corrected chi connectivity index (χ2v) is 5.50. The molecule has 0 atom stereocenters. The molecule has 3 nitrogen and oxygen atoms in total. The Kier molecular flexibility index (Phi) is 3.57. The van der Waals surface area contributed by atoms with Crippen molar-refractivity contribution in [1.82, 2.24) is 4.57 Å². The lowest BCUT2D eigenvalue weighted by Gasteiger charge is -2.10. The monoisotopic (exact) mass is 280 g/mol. The molecule has 0 saturated carbocycles. The van der Waals surface area contributed by atoms with Gasteiger partial charge in [0.05, 0.1) is 11.2 Å². The average Bonchev–Trinajstić information content (AvgIpc) is 2.87. The van der Waals surface area contributed by atoms with Gasteiger partial charge in [-0.3, -0.25) is 0 Å². The van der Waals surface area contributed by atoms with Gasteiger partial charge in [-0.25, -0.2) is 0 Å². The van der Waals surface area contributed by atoms with E-state index in [0.717, 1.165) is 22.5 Å². The van der Waals surface area contributed by atoms with Crippen LogP contribution in [-0.4, -0.2) is 4.57 Å². The van der Waals surface area contributed by atoms with Crippen molar-refractivity contribution in [3.05, 3.63) is 60.3 Å². The predicted octanol–water partition coefficient (Wildman–Crippen LogP) is 4.38. The fourth-order valence-electron chi connectivity index (χ4n) is 2.61. The van der Waals surface area contributed by atoms with E-state index in [9.17, 15) is 0 Å². The number of nitrogen functional groups attached to an aromatic ring is 1. The van der Waals surface area contributed by atoms with Gasteiger partial charge >= 0.3 is 0 Å². The molecule has 1 aromatic heterocycles. The second kappa shape index (κ2) is 5.52. The van der Waals surface area contributed by atoms with E-state index in [-0.39, 0.29) is 0 Å². The molecular weight excluding hydrogens is 260 g/mol. The third kappa shape index (κ3) is 2.59. The number of ether oxygens (including phenoxy) is 1. The van der Waals surface area contributed by atoms with Gasteiger partial charge in [-0.15, -0.1) is 0 Å². The number of benzene rings is 2. The van der Waals surface area contributed by atoms with E-state index in [1.807, 2.05) is 42.5 Å². The molecule has 2 aromatic carbocycles. The van der Waals surface area contributed by atoms with E-state index >= 15 is 0 Å². The number of anilines is 1. The Morgan fingerprint density at radius 2 is 1.81 bits per heavy atom. The normalized spacial score (nSPS) is 11.2. The van der Waals surface area contributed by atoms with Crippen molar-refractivity contribution < 1.29 is 4.74 Å². The maximum atomic E-state index is 6.15. The summed E-state index contributed by atoms with van der Waals surface area (Å²) < 4.78 is 8.10. The molecule has 0 aliphatic carbocycles. The first kappa shape index (κ1) is 13.6. The quantitative estimate of drug-likeness (QED) is 0.720. The molecule has 0 bridgehead atoms. The molecule has 2 N–H and O–H groups in total. The minimum atomic E-state index is 0.364. The molecule has 0 spiro atoms. The minimum Gasteiger partial charge on any atom is -0.489 e. The van der Waals surface area contributed by atoms with E-state index in [4.69, 9.17) is 10.5 Å².